The second kappa shape index (κ2) is 5.75. The van der Waals surface area contributed by atoms with E-state index in [-0.39, 0.29) is 11.9 Å². The maximum Gasteiger partial charge on any atom is 0.308 e. The number of ether oxygens (including phenoxy) is 2. The van der Waals surface area contributed by atoms with E-state index in [4.69, 9.17) is 16.3 Å². The Labute approximate surface area is 100 Å². The zero-order valence-corrected chi connectivity index (χ0v) is 10.4. The molecule has 1 aromatic rings. The Morgan fingerprint density at radius 3 is 2.69 bits per heavy atom. The van der Waals surface area contributed by atoms with Crippen molar-refractivity contribution in [2.75, 3.05) is 14.2 Å². The third kappa shape index (κ3) is 3.14. The predicted octanol–water partition coefficient (Wildman–Crippen LogP) is 2.70. The maximum atomic E-state index is 11.3. The molecular formula is C12H15ClO3. The highest BCUT2D eigenvalue weighted by atomic mass is 35.5. The van der Waals surface area contributed by atoms with Crippen molar-refractivity contribution in [3.63, 3.8) is 0 Å². The second-order valence-corrected chi connectivity index (χ2v) is 4.02. The number of carbonyl (C=O) groups excluding carboxylic acids is 1. The molecule has 0 N–H and O–H groups in total. The summed E-state index contributed by atoms with van der Waals surface area (Å²) in [6.45, 7) is 1.81. The molecule has 0 heterocycles. The van der Waals surface area contributed by atoms with Gasteiger partial charge < -0.3 is 9.47 Å². The van der Waals surface area contributed by atoms with E-state index < -0.39 is 0 Å². The standard InChI is InChI=1S/C12H15ClO3/c1-8(12(14)16-3)6-9-7-10(13)4-5-11(9)15-2/h4-5,7-8H,6H2,1-3H3. The summed E-state index contributed by atoms with van der Waals surface area (Å²) in [6.07, 6.45) is 0.552. The molecule has 0 aliphatic rings. The number of halogens is 1. The monoisotopic (exact) mass is 242 g/mol. The number of rotatable bonds is 4. The van der Waals surface area contributed by atoms with Gasteiger partial charge in [0.05, 0.1) is 20.1 Å². The minimum Gasteiger partial charge on any atom is -0.496 e. The molecular weight excluding hydrogens is 228 g/mol. The molecule has 0 saturated heterocycles. The van der Waals surface area contributed by atoms with Crippen LogP contribution in [0.1, 0.15) is 12.5 Å². The van der Waals surface area contributed by atoms with Gasteiger partial charge in [0.25, 0.3) is 0 Å². The highest BCUT2D eigenvalue weighted by Gasteiger charge is 2.16. The lowest BCUT2D eigenvalue weighted by atomic mass is 10.0. The van der Waals surface area contributed by atoms with Crippen LogP contribution < -0.4 is 4.74 Å². The van der Waals surface area contributed by atoms with Gasteiger partial charge in [-0.1, -0.05) is 18.5 Å². The van der Waals surface area contributed by atoms with Gasteiger partial charge in [0, 0.05) is 5.02 Å². The number of hydrogen-bond donors (Lipinski definition) is 0. The first-order chi connectivity index (χ1) is 7.58. The largest absolute Gasteiger partial charge is 0.496 e. The van der Waals surface area contributed by atoms with Crippen molar-refractivity contribution in [3.8, 4) is 5.75 Å². The van der Waals surface area contributed by atoms with Crippen molar-refractivity contribution in [3.05, 3.63) is 28.8 Å². The van der Waals surface area contributed by atoms with E-state index in [0.29, 0.717) is 11.4 Å². The summed E-state index contributed by atoms with van der Waals surface area (Å²) in [5, 5.41) is 0.632. The summed E-state index contributed by atoms with van der Waals surface area (Å²) in [6, 6.07) is 5.36. The number of hydrogen-bond acceptors (Lipinski definition) is 3. The van der Waals surface area contributed by atoms with Gasteiger partial charge in [-0.2, -0.15) is 0 Å². The molecule has 1 rings (SSSR count). The molecule has 0 radical (unpaired) electrons. The number of methoxy groups -OCH3 is 2. The molecule has 1 atom stereocenters. The molecule has 0 spiro atoms. The van der Waals surface area contributed by atoms with Crippen molar-refractivity contribution < 1.29 is 14.3 Å². The Hall–Kier alpha value is -1.22. The highest BCUT2D eigenvalue weighted by Crippen LogP contribution is 2.25. The predicted molar refractivity (Wildman–Crippen MR) is 62.9 cm³/mol. The molecule has 0 aliphatic heterocycles. The smallest absolute Gasteiger partial charge is 0.308 e. The highest BCUT2D eigenvalue weighted by molar-refractivity contribution is 6.30. The zero-order valence-electron chi connectivity index (χ0n) is 9.62. The van der Waals surface area contributed by atoms with Crippen LogP contribution in [0.4, 0.5) is 0 Å². The summed E-state index contributed by atoms with van der Waals surface area (Å²) in [4.78, 5) is 11.3. The quantitative estimate of drug-likeness (QED) is 0.762. The van der Waals surface area contributed by atoms with E-state index >= 15 is 0 Å². The Morgan fingerprint density at radius 2 is 2.12 bits per heavy atom. The van der Waals surface area contributed by atoms with Gasteiger partial charge in [-0.15, -0.1) is 0 Å². The van der Waals surface area contributed by atoms with Gasteiger partial charge >= 0.3 is 5.97 Å². The van der Waals surface area contributed by atoms with Crippen LogP contribution in [0.3, 0.4) is 0 Å². The molecule has 88 valence electrons. The normalized spacial score (nSPS) is 12.0. The third-order valence-corrected chi connectivity index (χ3v) is 2.61. The molecule has 0 bridgehead atoms. The van der Waals surface area contributed by atoms with Gasteiger partial charge in [0.2, 0.25) is 0 Å². The van der Waals surface area contributed by atoms with Gasteiger partial charge in [-0.05, 0) is 30.2 Å². The Balaban J connectivity index is 2.86. The average molecular weight is 243 g/mol. The van der Waals surface area contributed by atoms with E-state index in [9.17, 15) is 4.79 Å². The van der Waals surface area contributed by atoms with Crippen molar-refractivity contribution in [1.82, 2.24) is 0 Å². The van der Waals surface area contributed by atoms with Crippen LogP contribution in [0.15, 0.2) is 18.2 Å². The van der Waals surface area contributed by atoms with E-state index in [0.717, 1.165) is 11.3 Å². The summed E-state index contributed by atoms with van der Waals surface area (Å²) in [5.41, 5.74) is 0.910. The summed E-state index contributed by atoms with van der Waals surface area (Å²) in [5.74, 6) is 0.291. The van der Waals surface area contributed by atoms with E-state index in [2.05, 4.69) is 4.74 Å². The van der Waals surface area contributed by atoms with Crippen LogP contribution in [0.25, 0.3) is 0 Å². The lowest BCUT2D eigenvalue weighted by molar-refractivity contribution is -0.144. The summed E-state index contributed by atoms with van der Waals surface area (Å²) >= 11 is 5.90. The average Bonchev–Trinajstić information content (AvgIpc) is 2.28. The SMILES string of the molecule is COC(=O)C(C)Cc1cc(Cl)ccc1OC. The van der Waals surface area contributed by atoms with Crippen LogP contribution in [-0.2, 0) is 16.0 Å². The lowest BCUT2D eigenvalue weighted by Gasteiger charge is -2.12. The van der Waals surface area contributed by atoms with Crippen LogP contribution >= 0.6 is 11.6 Å². The van der Waals surface area contributed by atoms with Crippen LogP contribution in [0, 0.1) is 5.92 Å². The fourth-order valence-corrected chi connectivity index (χ4v) is 1.72. The van der Waals surface area contributed by atoms with Crippen molar-refractivity contribution >= 4 is 17.6 Å². The van der Waals surface area contributed by atoms with Gasteiger partial charge in [0.1, 0.15) is 5.75 Å². The topological polar surface area (TPSA) is 35.5 Å². The van der Waals surface area contributed by atoms with Crippen molar-refractivity contribution in [2.45, 2.75) is 13.3 Å². The second-order valence-electron chi connectivity index (χ2n) is 3.58. The number of benzene rings is 1. The van der Waals surface area contributed by atoms with Gasteiger partial charge in [-0.3, -0.25) is 4.79 Å². The van der Waals surface area contributed by atoms with E-state index in [1.165, 1.54) is 7.11 Å². The Morgan fingerprint density at radius 1 is 1.44 bits per heavy atom. The molecule has 0 aliphatic carbocycles. The molecule has 0 amide bonds. The number of carbonyl (C=O) groups is 1. The first kappa shape index (κ1) is 12.8. The van der Waals surface area contributed by atoms with E-state index in [1.54, 1.807) is 25.3 Å². The van der Waals surface area contributed by atoms with Gasteiger partial charge in [0.15, 0.2) is 0 Å². The first-order valence-corrected chi connectivity index (χ1v) is 5.36. The molecule has 16 heavy (non-hydrogen) atoms. The van der Waals surface area contributed by atoms with Gasteiger partial charge in [-0.25, -0.2) is 0 Å². The van der Waals surface area contributed by atoms with Crippen molar-refractivity contribution in [2.24, 2.45) is 5.92 Å². The molecule has 0 saturated carbocycles. The van der Waals surface area contributed by atoms with Crippen LogP contribution in [0.2, 0.25) is 5.02 Å². The minimum absolute atomic E-state index is 0.211. The third-order valence-electron chi connectivity index (χ3n) is 2.37. The molecule has 1 unspecified atom stereocenters. The van der Waals surface area contributed by atoms with Crippen molar-refractivity contribution in [1.29, 1.82) is 0 Å². The fraction of sp³-hybridized carbons (Fsp3) is 0.417. The summed E-state index contributed by atoms with van der Waals surface area (Å²) < 4.78 is 9.88. The van der Waals surface area contributed by atoms with Crippen LogP contribution in [-0.4, -0.2) is 20.2 Å². The molecule has 3 nitrogen and oxygen atoms in total. The van der Waals surface area contributed by atoms with E-state index in [1.807, 2.05) is 6.92 Å². The summed E-state index contributed by atoms with van der Waals surface area (Å²) in [7, 11) is 2.98. The Kier molecular flexibility index (Phi) is 4.62. The Bertz CT molecular complexity index is 377. The first-order valence-electron chi connectivity index (χ1n) is 4.98. The molecule has 1 aromatic carbocycles. The lowest BCUT2D eigenvalue weighted by Crippen LogP contribution is -2.15. The molecule has 4 heteroatoms. The minimum atomic E-state index is -0.234. The zero-order chi connectivity index (χ0) is 12.1. The van der Waals surface area contributed by atoms with Crippen LogP contribution in [0.5, 0.6) is 5.75 Å². The maximum absolute atomic E-state index is 11.3. The molecule has 0 aromatic heterocycles. The number of esters is 1. The fourth-order valence-electron chi connectivity index (χ4n) is 1.52. The molecule has 0 fully saturated rings.